The summed E-state index contributed by atoms with van der Waals surface area (Å²) in [7, 11) is 0. The van der Waals surface area contributed by atoms with Gasteiger partial charge in [-0.1, -0.05) is 11.8 Å². The first-order valence-corrected chi connectivity index (χ1v) is 7.02. The Morgan fingerprint density at radius 3 is 2.67 bits per heavy atom. The van der Waals surface area contributed by atoms with E-state index in [1.54, 1.807) is 12.1 Å². The quantitative estimate of drug-likeness (QED) is 0.804. The van der Waals surface area contributed by atoms with Crippen molar-refractivity contribution < 1.29 is 18.3 Å². The van der Waals surface area contributed by atoms with Gasteiger partial charge in [0.25, 0.3) is 5.76 Å². The van der Waals surface area contributed by atoms with Crippen molar-refractivity contribution in [2.24, 2.45) is 0 Å². The molecule has 0 bridgehead atoms. The number of rotatable bonds is 7. The fourth-order valence-electron chi connectivity index (χ4n) is 2.01. The summed E-state index contributed by atoms with van der Waals surface area (Å²) >= 11 is 0.554. The maximum absolute atomic E-state index is 12.0. The summed E-state index contributed by atoms with van der Waals surface area (Å²) in [5.74, 6) is -0.907. The third-order valence-corrected chi connectivity index (χ3v) is 4.02. The molecule has 0 radical (unpaired) electrons. The first-order valence-electron chi connectivity index (χ1n) is 5.97. The van der Waals surface area contributed by atoms with Gasteiger partial charge in [-0.2, -0.15) is 8.78 Å². The second-order valence-corrected chi connectivity index (χ2v) is 5.56. The largest absolute Gasteiger partial charge is 0.464 e. The highest BCUT2D eigenvalue weighted by molar-refractivity contribution is 7.98. The van der Waals surface area contributed by atoms with E-state index in [2.05, 4.69) is 5.32 Å². The van der Waals surface area contributed by atoms with Gasteiger partial charge < -0.3 is 14.8 Å². The van der Waals surface area contributed by atoms with Gasteiger partial charge in [0.15, 0.2) is 0 Å². The monoisotopic (exact) mass is 277 g/mol. The van der Waals surface area contributed by atoms with Crippen LogP contribution in [-0.2, 0) is 12.3 Å². The molecule has 0 unspecified atom stereocenters. The van der Waals surface area contributed by atoms with E-state index in [1.807, 2.05) is 0 Å². The van der Waals surface area contributed by atoms with Gasteiger partial charge in [-0.3, -0.25) is 0 Å². The van der Waals surface area contributed by atoms with E-state index >= 15 is 0 Å². The molecule has 6 heteroatoms. The normalized spacial score (nSPS) is 18.0. The van der Waals surface area contributed by atoms with Crippen LogP contribution < -0.4 is 5.32 Å². The molecule has 18 heavy (non-hydrogen) atoms. The van der Waals surface area contributed by atoms with Gasteiger partial charge in [-0.15, -0.1) is 0 Å². The van der Waals surface area contributed by atoms with E-state index in [4.69, 9.17) is 4.42 Å². The SMILES string of the molecule is OCC1(NCc2ccc(CSC(F)F)o2)CCC1. The molecular formula is C12H17F2NO2S. The Labute approximate surface area is 109 Å². The topological polar surface area (TPSA) is 45.4 Å². The Morgan fingerprint density at radius 2 is 2.11 bits per heavy atom. The lowest BCUT2D eigenvalue weighted by molar-refractivity contribution is 0.0852. The first-order chi connectivity index (χ1) is 8.63. The maximum Gasteiger partial charge on any atom is 0.284 e. The summed E-state index contributed by atoms with van der Waals surface area (Å²) in [6.07, 6.45) is 3.07. The summed E-state index contributed by atoms with van der Waals surface area (Å²) in [5.41, 5.74) is -0.162. The zero-order valence-corrected chi connectivity index (χ0v) is 10.8. The molecule has 1 aromatic rings. The minimum atomic E-state index is -2.37. The van der Waals surface area contributed by atoms with Crippen LogP contribution in [0.1, 0.15) is 30.8 Å². The number of furan rings is 1. The lowest BCUT2D eigenvalue weighted by Gasteiger charge is -2.41. The fraction of sp³-hybridized carbons (Fsp3) is 0.667. The molecule has 102 valence electrons. The summed E-state index contributed by atoms with van der Waals surface area (Å²) in [6, 6.07) is 3.51. The van der Waals surface area contributed by atoms with E-state index in [0.29, 0.717) is 24.1 Å². The molecule has 1 heterocycles. The number of nitrogens with one attached hydrogen (secondary N) is 1. The Bertz CT molecular complexity index is 374. The Balaban J connectivity index is 1.79. The van der Waals surface area contributed by atoms with E-state index in [0.717, 1.165) is 25.0 Å². The first kappa shape index (κ1) is 13.8. The van der Waals surface area contributed by atoms with Gasteiger partial charge in [0.1, 0.15) is 11.5 Å². The molecule has 0 aromatic carbocycles. The molecule has 2 N–H and O–H groups in total. The van der Waals surface area contributed by atoms with Crippen LogP contribution in [0.4, 0.5) is 8.78 Å². The number of halogens is 2. The van der Waals surface area contributed by atoms with Gasteiger partial charge in [-0.05, 0) is 31.4 Å². The summed E-state index contributed by atoms with van der Waals surface area (Å²) in [6.45, 7) is 0.654. The molecule has 0 spiro atoms. The van der Waals surface area contributed by atoms with Crippen molar-refractivity contribution in [1.82, 2.24) is 5.32 Å². The van der Waals surface area contributed by atoms with E-state index in [-0.39, 0.29) is 17.9 Å². The van der Waals surface area contributed by atoms with Crippen molar-refractivity contribution >= 4 is 11.8 Å². The van der Waals surface area contributed by atoms with Crippen molar-refractivity contribution in [2.75, 3.05) is 6.61 Å². The minimum Gasteiger partial charge on any atom is -0.464 e. The molecule has 0 aliphatic heterocycles. The van der Waals surface area contributed by atoms with Crippen molar-refractivity contribution in [3.05, 3.63) is 23.7 Å². The van der Waals surface area contributed by atoms with Crippen LogP contribution in [0.15, 0.2) is 16.5 Å². The van der Waals surface area contributed by atoms with Crippen molar-refractivity contribution in [3.63, 3.8) is 0 Å². The van der Waals surface area contributed by atoms with Gasteiger partial charge in [0.05, 0.1) is 18.9 Å². The number of thioether (sulfide) groups is 1. The van der Waals surface area contributed by atoms with E-state index < -0.39 is 5.76 Å². The van der Waals surface area contributed by atoms with Gasteiger partial charge in [-0.25, -0.2) is 0 Å². The molecule has 1 saturated carbocycles. The lowest BCUT2D eigenvalue weighted by atomic mass is 9.77. The zero-order valence-electron chi connectivity index (χ0n) is 9.99. The average Bonchev–Trinajstić information content (AvgIpc) is 2.74. The van der Waals surface area contributed by atoms with Crippen LogP contribution in [0.3, 0.4) is 0 Å². The molecule has 0 atom stereocenters. The average molecular weight is 277 g/mol. The number of aliphatic hydroxyl groups excluding tert-OH is 1. The predicted octanol–water partition coefficient (Wildman–Crippen LogP) is 2.74. The highest BCUT2D eigenvalue weighted by Crippen LogP contribution is 2.31. The van der Waals surface area contributed by atoms with E-state index in [1.165, 1.54) is 0 Å². The molecule has 0 amide bonds. The lowest BCUT2D eigenvalue weighted by Crippen LogP contribution is -2.53. The van der Waals surface area contributed by atoms with Crippen LogP contribution in [-0.4, -0.2) is 23.0 Å². The van der Waals surface area contributed by atoms with Crippen LogP contribution in [0, 0.1) is 0 Å². The van der Waals surface area contributed by atoms with Crippen molar-refractivity contribution in [2.45, 2.75) is 42.9 Å². The number of hydrogen-bond acceptors (Lipinski definition) is 4. The van der Waals surface area contributed by atoms with Gasteiger partial charge in [0, 0.05) is 5.54 Å². The van der Waals surface area contributed by atoms with Crippen molar-refractivity contribution in [3.8, 4) is 0 Å². The standard InChI is InChI=1S/C12H17F2NO2S/c13-11(14)18-7-10-3-2-9(17-10)6-15-12(8-16)4-1-5-12/h2-3,11,15-16H,1,4-8H2. The van der Waals surface area contributed by atoms with Crippen LogP contribution >= 0.6 is 11.8 Å². The molecule has 1 aliphatic carbocycles. The highest BCUT2D eigenvalue weighted by Gasteiger charge is 2.35. The smallest absolute Gasteiger partial charge is 0.284 e. The van der Waals surface area contributed by atoms with Crippen molar-refractivity contribution in [1.29, 1.82) is 0 Å². The molecule has 0 saturated heterocycles. The molecule has 2 rings (SSSR count). The van der Waals surface area contributed by atoms with Gasteiger partial charge >= 0.3 is 0 Å². The predicted molar refractivity (Wildman–Crippen MR) is 66.5 cm³/mol. The molecule has 1 aromatic heterocycles. The molecule has 1 fully saturated rings. The minimum absolute atomic E-state index is 0.127. The summed E-state index contributed by atoms with van der Waals surface area (Å²) in [5, 5.41) is 12.6. The third-order valence-electron chi connectivity index (χ3n) is 3.32. The molecule has 1 aliphatic rings. The number of aliphatic hydroxyl groups is 1. The van der Waals surface area contributed by atoms with Crippen LogP contribution in [0.5, 0.6) is 0 Å². The Morgan fingerprint density at radius 1 is 1.39 bits per heavy atom. The zero-order chi connectivity index (χ0) is 13.0. The van der Waals surface area contributed by atoms with Crippen LogP contribution in [0.2, 0.25) is 0 Å². The highest BCUT2D eigenvalue weighted by atomic mass is 32.2. The number of alkyl halides is 2. The Hall–Kier alpha value is -0.590. The second kappa shape index (κ2) is 6.04. The molecular weight excluding hydrogens is 260 g/mol. The van der Waals surface area contributed by atoms with Crippen LogP contribution in [0.25, 0.3) is 0 Å². The summed E-state index contributed by atoms with van der Waals surface area (Å²) < 4.78 is 29.5. The van der Waals surface area contributed by atoms with Gasteiger partial charge in [0.2, 0.25) is 0 Å². The fourth-order valence-corrected chi connectivity index (χ4v) is 2.45. The third kappa shape index (κ3) is 3.46. The summed E-state index contributed by atoms with van der Waals surface area (Å²) in [4.78, 5) is 0. The maximum atomic E-state index is 12.0. The second-order valence-electron chi connectivity index (χ2n) is 4.59. The Kier molecular flexibility index (Phi) is 4.64. The van der Waals surface area contributed by atoms with E-state index in [9.17, 15) is 13.9 Å². The molecule has 3 nitrogen and oxygen atoms in total. The number of hydrogen-bond donors (Lipinski definition) is 2.